The van der Waals surface area contributed by atoms with E-state index < -0.39 is 0 Å². The molecule has 1 aliphatic heterocycles. The zero-order valence-electron chi connectivity index (χ0n) is 10.2. The molecule has 0 aromatic heterocycles. The summed E-state index contributed by atoms with van der Waals surface area (Å²) >= 11 is 1.74. The number of ether oxygens (including phenoxy) is 1. The summed E-state index contributed by atoms with van der Waals surface area (Å²) < 4.78 is 5.50. The molecule has 1 aromatic carbocycles. The Morgan fingerprint density at radius 1 is 1.56 bits per heavy atom. The molecule has 0 radical (unpaired) electrons. The lowest BCUT2D eigenvalue weighted by Gasteiger charge is -2.11. The number of nitrogens with two attached hydrogens (primary N) is 1. The third-order valence-corrected chi connectivity index (χ3v) is 4.13. The van der Waals surface area contributed by atoms with Crippen LogP contribution in [0.3, 0.4) is 0 Å². The van der Waals surface area contributed by atoms with Crippen LogP contribution in [0.2, 0.25) is 0 Å². The molecule has 1 saturated heterocycles. The summed E-state index contributed by atoms with van der Waals surface area (Å²) in [7, 11) is 0. The second-order valence-electron chi connectivity index (χ2n) is 4.21. The molecular weight excluding hydrogens is 248 g/mol. The van der Waals surface area contributed by atoms with Crippen molar-refractivity contribution in [2.75, 3.05) is 24.6 Å². The van der Waals surface area contributed by atoms with Gasteiger partial charge in [-0.3, -0.25) is 4.79 Å². The van der Waals surface area contributed by atoms with Gasteiger partial charge in [0.15, 0.2) is 0 Å². The summed E-state index contributed by atoms with van der Waals surface area (Å²) in [6.07, 6.45) is 2.13. The highest BCUT2D eigenvalue weighted by molar-refractivity contribution is 8.00. The fourth-order valence-corrected chi connectivity index (χ4v) is 3.03. The summed E-state index contributed by atoms with van der Waals surface area (Å²) in [6, 6.07) is 7.28. The number of carbonyl (C=O) groups excluding carboxylic acids is 1. The van der Waals surface area contributed by atoms with Crippen LogP contribution in [-0.4, -0.2) is 30.1 Å². The molecule has 0 bridgehead atoms. The highest BCUT2D eigenvalue weighted by atomic mass is 32.2. The van der Waals surface area contributed by atoms with E-state index >= 15 is 0 Å². The van der Waals surface area contributed by atoms with Crippen molar-refractivity contribution in [1.29, 1.82) is 0 Å². The Morgan fingerprint density at radius 2 is 2.44 bits per heavy atom. The predicted octanol–water partition coefficient (Wildman–Crippen LogP) is 1.66. The standard InChI is InChI=1S/C13H18N2O2S/c14-10-3-1-4-11(9-10)17-7-6-15-13(16)12-5-2-8-18-12/h1,3-4,9,12H,2,5-8,14H2,(H,15,16). The Bertz CT molecular complexity index is 406. The van der Waals surface area contributed by atoms with Gasteiger partial charge in [0.2, 0.25) is 5.91 Å². The first kappa shape index (κ1) is 13.1. The van der Waals surface area contributed by atoms with E-state index in [1.165, 1.54) is 0 Å². The van der Waals surface area contributed by atoms with Crippen LogP contribution < -0.4 is 15.8 Å². The van der Waals surface area contributed by atoms with Gasteiger partial charge in [-0.25, -0.2) is 0 Å². The highest BCUT2D eigenvalue weighted by Crippen LogP contribution is 2.25. The Kier molecular flexibility index (Phi) is 4.75. The highest BCUT2D eigenvalue weighted by Gasteiger charge is 2.22. The number of amides is 1. The van der Waals surface area contributed by atoms with Gasteiger partial charge in [0.25, 0.3) is 0 Å². The molecule has 5 heteroatoms. The van der Waals surface area contributed by atoms with Crippen molar-refractivity contribution in [1.82, 2.24) is 5.32 Å². The van der Waals surface area contributed by atoms with E-state index in [0.29, 0.717) is 18.8 Å². The van der Waals surface area contributed by atoms with Gasteiger partial charge in [-0.2, -0.15) is 0 Å². The molecule has 18 heavy (non-hydrogen) atoms. The van der Waals surface area contributed by atoms with E-state index in [0.717, 1.165) is 24.3 Å². The van der Waals surface area contributed by atoms with Gasteiger partial charge in [0, 0.05) is 11.8 Å². The maximum atomic E-state index is 11.7. The second kappa shape index (κ2) is 6.54. The molecule has 1 unspecified atom stereocenters. The van der Waals surface area contributed by atoms with E-state index in [-0.39, 0.29) is 11.2 Å². The van der Waals surface area contributed by atoms with Crippen LogP contribution in [0.1, 0.15) is 12.8 Å². The molecule has 3 N–H and O–H groups in total. The number of rotatable bonds is 5. The topological polar surface area (TPSA) is 64.3 Å². The number of nitrogen functional groups attached to an aromatic ring is 1. The Morgan fingerprint density at radius 3 is 3.17 bits per heavy atom. The minimum atomic E-state index is 0.133. The SMILES string of the molecule is Nc1cccc(OCCNC(=O)C2CCCS2)c1. The minimum Gasteiger partial charge on any atom is -0.492 e. The summed E-state index contributed by atoms with van der Waals surface area (Å²) in [5.74, 6) is 1.96. The third-order valence-electron chi connectivity index (χ3n) is 2.75. The molecule has 1 aliphatic rings. The van der Waals surface area contributed by atoms with Crippen LogP contribution >= 0.6 is 11.8 Å². The number of thioether (sulfide) groups is 1. The number of nitrogens with one attached hydrogen (secondary N) is 1. The first-order valence-corrected chi connectivity index (χ1v) is 7.18. The van der Waals surface area contributed by atoms with Crippen LogP contribution in [0.25, 0.3) is 0 Å². The molecule has 4 nitrogen and oxygen atoms in total. The Hall–Kier alpha value is -1.36. The molecular formula is C13H18N2O2S. The summed E-state index contributed by atoms with van der Waals surface area (Å²) in [5, 5.41) is 3.03. The Labute approximate surface area is 111 Å². The van der Waals surface area contributed by atoms with E-state index in [1.807, 2.05) is 18.2 Å². The second-order valence-corrected chi connectivity index (χ2v) is 5.52. The average molecular weight is 266 g/mol. The quantitative estimate of drug-likeness (QED) is 0.628. The Balaban J connectivity index is 1.65. The van der Waals surface area contributed by atoms with E-state index in [1.54, 1.807) is 17.8 Å². The zero-order valence-corrected chi connectivity index (χ0v) is 11.0. The van der Waals surface area contributed by atoms with Gasteiger partial charge < -0.3 is 15.8 Å². The average Bonchev–Trinajstić information content (AvgIpc) is 2.88. The predicted molar refractivity (Wildman–Crippen MR) is 74.8 cm³/mol. The maximum absolute atomic E-state index is 11.7. The van der Waals surface area contributed by atoms with Crippen molar-refractivity contribution in [2.24, 2.45) is 0 Å². The number of carbonyl (C=O) groups is 1. The largest absolute Gasteiger partial charge is 0.492 e. The van der Waals surface area contributed by atoms with E-state index in [2.05, 4.69) is 5.32 Å². The molecule has 1 fully saturated rings. The van der Waals surface area contributed by atoms with Crippen molar-refractivity contribution in [3.63, 3.8) is 0 Å². The van der Waals surface area contributed by atoms with Gasteiger partial charge in [0.1, 0.15) is 12.4 Å². The van der Waals surface area contributed by atoms with Crippen LogP contribution in [0.4, 0.5) is 5.69 Å². The lowest BCUT2D eigenvalue weighted by Crippen LogP contribution is -2.34. The van der Waals surface area contributed by atoms with Crippen LogP contribution in [0, 0.1) is 0 Å². The van der Waals surface area contributed by atoms with Gasteiger partial charge in [0.05, 0.1) is 11.8 Å². The van der Waals surface area contributed by atoms with Gasteiger partial charge in [-0.05, 0) is 30.7 Å². The number of anilines is 1. The van der Waals surface area contributed by atoms with E-state index in [9.17, 15) is 4.79 Å². The van der Waals surface area contributed by atoms with Crippen molar-refractivity contribution in [3.8, 4) is 5.75 Å². The molecule has 0 saturated carbocycles. The normalized spacial score (nSPS) is 18.6. The van der Waals surface area contributed by atoms with Crippen LogP contribution in [0.5, 0.6) is 5.75 Å². The van der Waals surface area contributed by atoms with Gasteiger partial charge >= 0.3 is 0 Å². The first-order chi connectivity index (χ1) is 8.75. The molecule has 2 rings (SSSR count). The smallest absolute Gasteiger partial charge is 0.233 e. The lowest BCUT2D eigenvalue weighted by molar-refractivity contribution is -0.120. The van der Waals surface area contributed by atoms with Crippen molar-refractivity contribution in [2.45, 2.75) is 18.1 Å². The summed E-state index contributed by atoms with van der Waals surface area (Å²) in [6.45, 7) is 0.997. The maximum Gasteiger partial charge on any atom is 0.233 e. The van der Waals surface area contributed by atoms with Crippen molar-refractivity contribution >= 4 is 23.4 Å². The molecule has 98 valence electrons. The third kappa shape index (κ3) is 3.84. The fraction of sp³-hybridized carbons (Fsp3) is 0.462. The number of benzene rings is 1. The zero-order chi connectivity index (χ0) is 12.8. The first-order valence-electron chi connectivity index (χ1n) is 6.13. The molecule has 1 amide bonds. The lowest BCUT2D eigenvalue weighted by atomic mass is 10.2. The minimum absolute atomic E-state index is 0.133. The molecule has 0 aliphatic carbocycles. The van der Waals surface area contributed by atoms with Gasteiger partial charge in [-0.1, -0.05) is 6.07 Å². The number of hydrogen-bond acceptors (Lipinski definition) is 4. The fourth-order valence-electron chi connectivity index (χ4n) is 1.85. The monoisotopic (exact) mass is 266 g/mol. The molecule has 1 atom stereocenters. The van der Waals surface area contributed by atoms with Crippen molar-refractivity contribution in [3.05, 3.63) is 24.3 Å². The van der Waals surface area contributed by atoms with Crippen LogP contribution in [0.15, 0.2) is 24.3 Å². The van der Waals surface area contributed by atoms with Crippen LogP contribution in [-0.2, 0) is 4.79 Å². The van der Waals surface area contributed by atoms with E-state index in [4.69, 9.17) is 10.5 Å². The molecule has 0 spiro atoms. The van der Waals surface area contributed by atoms with Gasteiger partial charge in [-0.15, -0.1) is 11.8 Å². The number of hydrogen-bond donors (Lipinski definition) is 2. The summed E-state index contributed by atoms with van der Waals surface area (Å²) in [4.78, 5) is 11.7. The summed E-state index contributed by atoms with van der Waals surface area (Å²) in [5.41, 5.74) is 6.32. The van der Waals surface area contributed by atoms with Crippen molar-refractivity contribution < 1.29 is 9.53 Å². The molecule has 1 heterocycles. The molecule has 1 aromatic rings.